The van der Waals surface area contributed by atoms with Crippen LogP contribution in [0.3, 0.4) is 0 Å². The summed E-state index contributed by atoms with van der Waals surface area (Å²) in [4.78, 5) is 26.0. The normalized spacial score (nSPS) is 19.7. The highest BCUT2D eigenvalue weighted by Gasteiger charge is 2.34. The minimum absolute atomic E-state index is 0.0563. The van der Waals surface area contributed by atoms with Crippen LogP contribution in [0, 0.1) is 6.92 Å². The van der Waals surface area contributed by atoms with Gasteiger partial charge in [-0.05, 0) is 50.3 Å². The summed E-state index contributed by atoms with van der Waals surface area (Å²) < 4.78 is 0. The van der Waals surface area contributed by atoms with Gasteiger partial charge in [0, 0.05) is 22.7 Å². The number of rotatable bonds is 7. The fourth-order valence-electron chi connectivity index (χ4n) is 2.88. The number of benzene rings is 1. The van der Waals surface area contributed by atoms with Crippen molar-refractivity contribution in [3.63, 3.8) is 0 Å². The standard InChI is InChI=1S/C17H25N3O3S/c1-4-20(10-16(21)22)13-7-12(8-13)18-17(23)19-15-9-14(24-3)6-5-11(15)2/h5-6,9,12-13H,4,7-8,10H2,1-3H3,(H,21,22)(H2,18,19,23). The third kappa shape index (κ3) is 4.88. The molecule has 1 aliphatic carbocycles. The van der Waals surface area contributed by atoms with Crippen LogP contribution in [0.15, 0.2) is 23.1 Å². The number of urea groups is 1. The Kier molecular flexibility index (Phi) is 6.51. The Balaban J connectivity index is 1.82. The third-order valence-corrected chi connectivity index (χ3v) is 5.13. The molecule has 24 heavy (non-hydrogen) atoms. The number of carboxylic acids is 1. The molecule has 2 rings (SSSR count). The number of nitrogens with one attached hydrogen (secondary N) is 2. The molecule has 0 saturated heterocycles. The number of likely N-dealkylation sites (N-methyl/N-ethyl adjacent to an activating group) is 1. The van der Waals surface area contributed by atoms with Crippen LogP contribution >= 0.6 is 11.8 Å². The van der Waals surface area contributed by atoms with E-state index in [1.165, 1.54) is 0 Å². The number of carbonyl (C=O) groups is 2. The molecular weight excluding hydrogens is 326 g/mol. The van der Waals surface area contributed by atoms with E-state index in [1.807, 2.05) is 43.2 Å². The molecule has 0 radical (unpaired) electrons. The van der Waals surface area contributed by atoms with Gasteiger partial charge in [-0.25, -0.2) is 4.79 Å². The number of anilines is 1. The van der Waals surface area contributed by atoms with Gasteiger partial charge in [0.2, 0.25) is 0 Å². The fourth-order valence-corrected chi connectivity index (χ4v) is 3.32. The molecule has 0 aromatic heterocycles. The SMILES string of the molecule is CCN(CC(=O)O)C1CC(NC(=O)Nc2cc(SC)ccc2C)C1. The Morgan fingerprint density at radius 2 is 2.08 bits per heavy atom. The summed E-state index contributed by atoms with van der Waals surface area (Å²) in [6.45, 7) is 4.68. The predicted octanol–water partition coefficient (Wildman–Crippen LogP) is 2.78. The highest BCUT2D eigenvalue weighted by atomic mass is 32.2. The average Bonchev–Trinajstić information content (AvgIpc) is 2.50. The van der Waals surface area contributed by atoms with Crippen LogP contribution in [-0.2, 0) is 4.79 Å². The lowest BCUT2D eigenvalue weighted by Crippen LogP contribution is -2.55. The Morgan fingerprint density at radius 3 is 2.67 bits per heavy atom. The van der Waals surface area contributed by atoms with E-state index >= 15 is 0 Å². The van der Waals surface area contributed by atoms with Crippen LogP contribution in [-0.4, -0.2) is 53.4 Å². The zero-order valence-electron chi connectivity index (χ0n) is 14.3. The largest absolute Gasteiger partial charge is 0.480 e. The van der Waals surface area contributed by atoms with Crippen molar-refractivity contribution in [3.8, 4) is 0 Å². The number of hydrogen-bond acceptors (Lipinski definition) is 4. The number of thioether (sulfide) groups is 1. The van der Waals surface area contributed by atoms with E-state index in [1.54, 1.807) is 11.8 Å². The van der Waals surface area contributed by atoms with Crippen LogP contribution in [0.4, 0.5) is 10.5 Å². The van der Waals surface area contributed by atoms with E-state index in [-0.39, 0.29) is 24.7 Å². The van der Waals surface area contributed by atoms with Gasteiger partial charge in [0.25, 0.3) is 0 Å². The number of carbonyl (C=O) groups excluding carboxylic acids is 1. The minimum atomic E-state index is -0.810. The van der Waals surface area contributed by atoms with Gasteiger partial charge in [-0.2, -0.15) is 0 Å². The Bertz CT molecular complexity index is 603. The lowest BCUT2D eigenvalue weighted by atomic mass is 9.85. The molecule has 0 spiro atoms. The first kappa shape index (κ1) is 18.6. The van der Waals surface area contributed by atoms with Gasteiger partial charge in [-0.3, -0.25) is 9.69 Å². The Labute approximate surface area is 147 Å². The molecule has 0 atom stereocenters. The molecule has 6 nitrogen and oxygen atoms in total. The van der Waals surface area contributed by atoms with Crippen molar-refractivity contribution in [2.24, 2.45) is 0 Å². The molecule has 0 aliphatic heterocycles. The molecule has 0 unspecified atom stereocenters. The second-order valence-corrected chi connectivity index (χ2v) is 6.94. The maximum atomic E-state index is 12.2. The van der Waals surface area contributed by atoms with Gasteiger partial charge in [-0.15, -0.1) is 11.8 Å². The summed E-state index contributed by atoms with van der Waals surface area (Å²) in [7, 11) is 0. The van der Waals surface area contributed by atoms with Crippen LogP contribution < -0.4 is 10.6 Å². The van der Waals surface area contributed by atoms with Gasteiger partial charge in [0.15, 0.2) is 0 Å². The van der Waals surface area contributed by atoms with Crippen molar-refractivity contribution < 1.29 is 14.7 Å². The van der Waals surface area contributed by atoms with Crippen molar-refractivity contribution in [2.75, 3.05) is 24.7 Å². The first-order valence-electron chi connectivity index (χ1n) is 8.11. The van der Waals surface area contributed by atoms with E-state index in [9.17, 15) is 9.59 Å². The van der Waals surface area contributed by atoms with E-state index in [0.717, 1.165) is 29.0 Å². The van der Waals surface area contributed by atoms with Crippen molar-refractivity contribution in [3.05, 3.63) is 23.8 Å². The molecule has 1 fully saturated rings. The van der Waals surface area contributed by atoms with Crippen molar-refractivity contribution in [1.82, 2.24) is 10.2 Å². The van der Waals surface area contributed by atoms with Crippen LogP contribution in [0.1, 0.15) is 25.3 Å². The summed E-state index contributed by atoms with van der Waals surface area (Å²) in [5.74, 6) is -0.810. The number of carboxylic acid groups (broad SMARTS) is 1. The van der Waals surface area contributed by atoms with Gasteiger partial charge in [-0.1, -0.05) is 13.0 Å². The van der Waals surface area contributed by atoms with Gasteiger partial charge >= 0.3 is 12.0 Å². The lowest BCUT2D eigenvalue weighted by Gasteiger charge is -2.42. The fraction of sp³-hybridized carbons (Fsp3) is 0.529. The third-order valence-electron chi connectivity index (χ3n) is 4.40. The van der Waals surface area contributed by atoms with Crippen molar-refractivity contribution in [2.45, 2.75) is 43.7 Å². The number of aliphatic carboxylic acids is 1. The van der Waals surface area contributed by atoms with E-state index in [4.69, 9.17) is 5.11 Å². The Hall–Kier alpha value is -1.73. The molecule has 3 N–H and O–H groups in total. The topological polar surface area (TPSA) is 81.7 Å². The first-order valence-corrected chi connectivity index (χ1v) is 9.33. The quantitative estimate of drug-likeness (QED) is 0.658. The van der Waals surface area contributed by atoms with Crippen LogP contribution in [0.2, 0.25) is 0 Å². The molecule has 132 valence electrons. The predicted molar refractivity (Wildman–Crippen MR) is 96.8 cm³/mol. The number of nitrogens with zero attached hydrogens (tertiary/aromatic N) is 1. The smallest absolute Gasteiger partial charge is 0.319 e. The molecule has 0 heterocycles. The summed E-state index contributed by atoms with van der Waals surface area (Å²) >= 11 is 1.63. The summed E-state index contributed by atoms with van der Waals surface area (Å²) in [5.41, 5.74) is 1.84. The van der Waals surface area contributed by atoms with E-state index < -0.39 is 5.97 Å². The minimum Gasteiger partial charge on any atom is -0.480 e. The van der Waals surface area contributed by atoms with E-state index in [0.29, 0.717) is 6.54 Å². The summed E-state index contributed by atoms with van der Waals surface area (Å²) in [6.07, 6.45) is 3.58. The Morgan fingerprint density at radius 1 is 1.38 bits per heavy atom. The molecule has 0 bridgehead atoms. The van der Waals surface area contributed by atoms with Gasteiger partial charge in [0.05, 0.1) is 6.54 Å². The first-order chi connectivity index (χ1) is 11.4. The second kappa shape index (κ2) is 8.39. The number of amides is 2. The average molecular weight is 351 g/mol. The second-order valence-electron chi connectivity index (χ2n) is 6.06. The number of hydrogen-bond donors (Lipinski definition) is 3. The summed E-state index contributed by atoms with van der Waals surface area (Å²) in [6, 6.07) is 6.11. The number of aryl methyl sites for hydroxylation is 1. The van der Waals surface area contributed by atoms with Gasteiger partial charge < -0.3 is 15.7 Å². The maximum Gasteiger partial charge on any atom is 0.319 e. The molecule has 1 aliphatic rings. The van der Waals surface area contributed by atoms with Crippen molar-refractivity contribution >= 4 is 29.4 Å². The zero-order chi connectivity index (χ0) is 17.7. The molecule has 1 aromatic carbocycles. The zero-order valence-corrected chi connectivity index (χ0v) is 15.2. The van der Waals surface area contributed by atoms with Gasteiger partial charge in [0.1, 0.15) is 0 Å². The highest BCUT2D eigenvalue weighted by molar-refractivity contribution is 7.98. The lowest BCUT2D eigenvalue weighted by molar-refractivity contribution is -0.139. The molecule has 2 amide bonds. The molecule has 7 heteroatoms. The van der Waals surface area contributed by atoms with E-state index in [2.05, 4.69) is 10.6 Å². The maximum absolute atomic E-state index is 12.2. The molecule has 1 saturated carbocycles. The van der Waals surface area contributed by atoms with Crippen LogP contribution in [0.5, 0.6) is 0 Å². The molecule has 1 aromatic rings. The van der Waals surface area contributed by atoms with Crippen LogP contribution in [0.25, 0.3) is 0 Å². The summed E-state index contributed by atoms with van der Waals surface area (Å²) in [5, 5.41) is 14.8. The monoisotopic (exact) mass is 351 g/mol. The highest BCUT2D eigenvalue weighted by Crippen LogP contribution is 2.26. The van der Waals surface area contributed by atoms with Crippen molar-refractivity contribution in [1.29, 1.82) is 0 Å². The molecular formula is C17H25N3O3S.